The number of carbonyl (C=O) groups excluding carboxylic acids is 1. The zero-order valence-corrected chi connectivity index (χ0v) is 12.8. The highest BCUT2D eigenvalue weighted by molar-refractivity contribution is 5.87. The van der Waals surface area contributed by atoms with Gasteiger partial charge in [-0.05, 0) is 19.9 Å². The second-order valence-corrected chi connectivity index (χ2v) is 5.02. The molecule has 1 amide bonds. The first-order valence-electron chi connectivity index (χ1n) is 6.97. The molecule has 1 unspecified atom stereocenters. The first-order valence-corrected chi connectivity index (χ1v) is 6.97. The van der Waals surface area contributed by atoms with Crippen LogP contribution in [0.1, 0.15) is 35.9 Å². The van der Waals surface area contributed by atoms with Gasteiger partial charge >= 0.3 is 5.97 Å². The van der Waals surface area contributed by atoms with Gasteiger partial charge in [-0.3, -0.25) is 14.2 Å². The molecule has 2 aromatic rings. The molecule has 0 radical (unpaired) electrons. The average Bonchev–Trinajstić information content (AvgIpc) is 3.14. The van der Waals surface area contributed by atoms with Crippen molar-refractivity contribution in [2.75, 3.05) is 7.05 Å². The molecule has 2 heterocycles. The van der Waals surface area contributed by atoms with E-state index >= 15 is 0 Å². The number of aryl methyl sites for hydroxylation is 1. The van der Waals surface area contributed by atoms with E-state index in [1.54, 1.807) is 25.1 Å². The van der Waals surface area contributed by atoms with Gasteiger partial charge in [0.15, 0.2) is 0 Å². The minimum absolute atomic E-state index is 0.0614. The summed E-state index contributed by atoms with van der Waals surface area (Å²) >= 11 is 0. The summed E-state index contributed by atoms with van der Waals surface area (Å²) in [6.07, 6.45) is 4.29. The van der Waals surface area contributed by atoms with Crippen molar-refractivity contribution in [3.8, 4) is 0 Å². The number of carboxylic acid groups (broad SMARTS) is 1. The Kier molecular flexibility index (Phi) is 4.59. The van der Waals surface area contributed by atoms with Gasteiger partial charge in [-0.25, -0.2) is 4.79 Å². The first kappa shape index (κ1) is 15.7. The number of amides is 1. The largest absolute Gasteiger partial charge is 0.478 e. The van der Waals surface area contributed by atoms with Crippen LogP contribution in [0.15, 0.2) is 24.7 Å². The van der Waals surface area contributed by atoms with E-state index in [2.05, 4.69) is 10.2 Å². The Hall–Kier alpha value is -2.64. The number of hydrogen-bond donors (Lipinski definition) is 1. The molecular formula is C14H19N5O3. The number of carbonyl (C=O) groups is 2. The number of aromatic carboxylic acids is 1. The van der Waals surface area contributed by atoms with E-state index in [9.17, 15) is 9.59 Å². The molecule has 0 bridgehead atoms. The number of aromatic nitrogens is 4. The molecular weight excluding hydrogens is 286 g/mol. The van der Waals surface area contributed by atoms with Crippen LogP contribution < -0.4 is 0 Å². The van der Waals surface area contributed by atoms with Gasteiger partial charge in [0.2, 0.25) is 5.91 Å². The summed E-state index contributed by atoms with van der Waals surface area (Å²) in [5, 5.41) is 17.0. The lowest BCUT2D eigenvalue weighted by Crippen LogP contribution is -2.33. The van der Waals surface area contributed by atoms with E-state index < -0.39 is 12.0 Å². The minimum Gasteiger partial charge on any atom is -0.478 e. The van der Waals surface area contributed by atoms with Gasteiger partial charge in [0, 0.05) is 26.0 Å². The summed E-state index contributed by atoms with van der Waals surface area (Å²) in [5.41, 5.74) is 1.00. The van der Waals surface area contributed by atoms with Crippen molar-refractivity contribution in [3.63, 3.8) is 0 Å². The van der Waals surface area contributed by atoms with E-state index in [-0.39, 0.29) is 11.5 Å². The van der Waals surface area contributed by atoms with Crippen LogP contribution in [-0.4, -0.2) is 48.5 Å². The van der Waals surface area contributed by atoms with Crippen LogP contribution >= 0.6 is 0 Å². The van der Waals surface area contributed by atoms with Gasteiger partial charge in [0.05, 0.1) is 24.0 Å². The van der Waals surface area contributed by atoms with Crippen molar-refractivity contribution in [1.82, 2.24) is 24.5 Å². The highest BCUT2D eigenvalue weighted by Crippen LogP contribution is 2.12. The van der Waals surface area contributed by atoms with Crippen LogP contribution in [-0.2, 0) is 17.9 Å². The summed E-state index contributed by atoms with van der Waals surface area (Å²) < 4.78 is 3.18. The van der Waals surface area contributed by atoms with Gasteiger partial charge in [-0.15, -0.1) is 0 Å². The SMILES string of the molecule is CCn1nccc1CN(C)C(=O)C(C)n1cc(C(=O)O)cn1. The summed E-state index contributed by atoms with van der Waals surface area (Å²) in [6.45, 7) is 4.85. The van der Waals surface area contributed by atoms with Crippen LogP contribution in [0.2, 0.25) is 0 Å². The second-order valence-electron chi connectivity index (χ2n) is 5.02. The van der Waals surface area contributed by atoms with Crippen molar-refractivity contribution >= 4 is 11.9 Å². The van der Waals surface area contributed by atoms with Crippen molar-refractivity contribution in [1.29, 1.82) is 0 Å². The quantitative estimate of drug-likeness (QED) is 0.860. The zero-order chi connectivity index (χ0) is 16.3. The smallest absolute Gasteiger partial charge is 0.338 e. The van der Waals surface area contributed by atoms with Crippen molar-refractivity contribution < 1.29 is 14.7 Å². The van der Waals surface area contributed by atoms with Crippen LogP contribution in [0, 0.1) is 0 Å². The van der Waals surface area contributed by atoms with Crippen molar-refractivity contribution in [2.45, 2.75) is 33.0 Å². The van der Waals surface area contributed by atoms with Gasteiger partial charge in [0.1, 0.15) is 6.04 Å². The molecule has 0 aromatic carbocycles. The molecule has 0 aliphatic heterocycles. The Labute approximate surface area is 127 Å². The summed E-state index contributed by atoms with van der Waals surface area (Å²) in [6, 6.07) is 1.30. The van der Waals surface area contributed by atoms with E-state index in [4.69, 9.17) is 5.11 Å². The third-order valence-electron chi connectivity index (χ3n) is 3.48. The fourth-order valence-corrected chi connectivity index (χ4v) is 2.19. The van der Waals surface area contributed by atoms with Gasteiger partial charge in [-0.2, -0.15) is 10.2 Å². The molecule has 8 heteroatoms. The molecule has 0 aliphatic rings. The van der Waals surface area contributed by atoms with Crippen molar-refractivity contribution in [2.24, 2.45) is 0 Å². The fraction of sp³-hybridized carbons (Fsp3) is 0.429. The highest BCUT2D eigenvalue weighted by atomic mass is 16.4. The normalized spacial score (nSPS) is 12.1. The maximum absolute atomic E-state index is 12.4. The summed E-state index contributed by atoms with van der Waals surface area (Å²) in [5.74, 6) is -1.21. The molecule has 0 spiro atoms. The molecule has 118 valence electrons. The number of carboxylic acids is 1. The molecule has 1 atom stereocenters. The molecule has 2 aromatic heterocycles. The van der Waals surface area contributed by atoms with Crippen molar-refractivity contribution in [3.05, 3.63) is 35.9 Å². The Morgan fingerprint density at radius 3 is 2.73 bits per heavy atom. The third kappa shape index (κ3) is 3.16. The highest BCUT2D eigenvalue weighted by Gasteiger charge is 2.21. The molecule has 0 saturated heterocycles. The molecule has 1 N–H and O–H groups in total. The van der Waals surface area contributed by atoms with Gasteiger partial charge < -0.3 is 10.0 Å². The molecule has 0 saturated carbocycles. The predicted molar refractivity (Wildman–Crippen MR) is 78.3 cm³/mol. The number of nitrogens with zero attached hydrogens (tertiary/aromatic N) is 5. The number of rotatable bonds is 6. The molecule has 0 aliphatic carbocycles. The first-order chi connectivity index (χ1) is 10.4. The monoisotopic (exact) mass is 305 g/mol. The summed E-state index contributed by atoms with van der Waals surface area (Å²) in [4.78, 5) is 24.9. The van der Waals surface area contributed by atoms with Crippen LogP contribution in [0.3, 0.4) is 0 Å². The lowest BCUT2D eigenvalue weighted by molar-refractivity contribution is -0.133. The van der Waals surface area contributed by atoms with E-state index in [1.807, 2.05) is 17.7 Å². The number of likely N-dealkylation sites (N-methyl/N-ethyl adjacent to an activating group) is 1. The molecule has 0 fully saturated rings. The molecule has 2 rings (SSSR count). The lowest BCUT2D eigenvalue weighted by atomic mass is 10.2. The lowest BCUT2D eigenvalue weighted by Gasteiger charge is -2.21. The average molecular weight is 305 g/mol. The van der Waals surface area contributed by atoms with E-state index in [1.165, 1.54) is 17.1 Å². The minimum atomic E-state index is -1.06. The molecule has 22 heavy (non-hydrogen) atoms. The Morgan fingerprint density at radius 2 is 2.14 bits per heavy atom. The maximum Gasteiger partial charge on any atom is 0.338 e. The Bertz CT molecular complexity index is 676. The van der Waals surface area contributed by atoms with E-state index in [0.29, 0.717) is 6.54 Å². The zero-order valence-electron chi connectivity index (χ0n) is 12.8. The second kappa shape index (κ2) is 6.42. The summed E-state index contributed by atoms with van der Waals surface area (Å²) in [7, 11) is 1.70. The number of hydrogen-bond acceptors (Lipinski definition) is 4. The molecule has 8 nitrogen and oxygen atoms in total. The standard InChI is InChI=1S/C14H19N5O3/c1-4-18-12(5-6-15-18)9-17(3)13(20)10(2)19-8-11(7-16-19)14(21)22/h5-8,10H,4,9H2,1-3H3,(H,21,22). The fourth-order valence-electron chi connectivity index (χ4n) is 2.19. The maximum atomic E-state index is 12.4. The van der Waals surface area contributed by atoms with Gasteiger partial charge in [0.25, 0.3) is 0 Å². The topological polar surface area (TPSA) is 93.2 Å². The predicted octanol–water partition coefficient (Wildman–Crippen LogP) is 1.02. The Balaban J connectivity index is 2.07. The Morgan fingerprint density at radius 1 is 1.41 bits per heavy atom. The van der Waals surface area contributed by atoms with Gasteiger partial charge in [-0.1, -0.05) is 0 Å². The van der Waals surface area contributed by atoms with E-state index in [0.717, 1.165) is 12.2 Å². The van der Waals surface area contributed by atoms with Crippen LogP contribution in [0.5, 0.6) is 0 Å². The third-order valence-corrected chi connectivity index (χ3v) is 3.48. The van der Waals surface area contributed by atoms with Crippen LogP contribution in [0.4, 0.5) is 0 Å². The van der Waals surface area contributed by atoms with Crippen LogP contribution in [0.25, 0.3) is 0 Å².